The summed E-state index contributed by atoms with van der Waals surface area (Å²) in [6.45, 7) is 5.33. The lowest BCUT2D eigenvalue weighted by Gasteiger charge is -2.20. The van der Waals surface area contributed by atoms with Crippen molar-refractivity contribution in [2.75, 3.05) is 6.54 Å². The van der Waals surface area contributed by atoms with Crippen molar-refractivity contribution in [3.63, 3.8) is 0 Å². The average Bonchev–Trinajstić information content (AvgIpc) is 2.80. The third-order valence-electron chi connectivity index (χ3n) is 4.20. The van der Waals surface area contributed by atoms with E-state index in [1.165, 1.54) is 32.1 Å². The Morgan fingerprint density at radius 1 is 1.33 bits per heavy atom. The zero-order chi connectivity index (χ0) is 13.4. The van der Waals surface area contributed by atoms with E-state index in [0.29, 0.717) is 12.0 Å². The SMILES string of the molecule is CCCCCCC(C)NCC1CCCC1C(=O)O. The van der Waals surface area contributed by atoms with Gasteiger partial charge in [0.2, 0.25) is 0 Å². The van der Waals surface area contributed by atoms with Crippen molar-refractivity contribution in [2.45, 2.75) is 71.3 Å². The van der Waals surface area contributed by atoms with Crippen LogP contribution in [0.3, 0.4) is 0 Å². The van der Waals surface area contributed by atoms with Crippen molar-refractivity contribution in [1.82, 2.24) is 5.32 Å². The minimum Gasteiger partial charge on any atom is -0.481 e. The van der Waals surface area contributed by atoms with Gasteiger partial charge in [-0.15, -0.1) is 0 Å². The molecule has 0 spiro atoms. The molecule has 1 rings (SSSR count). The molecule has 0 bridgehead atoms. The third-order valence-corrected chi connectivity index (χ3v) is 4.20. The molecule has 0 amide bonds. The molecule has 0 aliphatic heterocycles. The van der Waals surface area contributed by atoms with Gasteiger partial charge >= 0.3 is 5.97 Å². The zero-order valence-electron chi connectivity index (χ0n) is 12.0. The lowest BCUT2D eigenvalue weighted by atomic mass is 9.96. The number of aliphatic carboxylic acids is 1. The standard InChI is InChI=1S/C15H29NO2/c1-3-4-5-6-8-12(2)16-11-13-9-7-10-14(13)15(17)18/h12-14,16H,3-11H2,1-2H3,(H,17,18). The van der Waals surface area contributed by atoms with Gasteiger partial charge in [-0.25, -0.2) is 0 Å². The Morgan fingerprint density at radius 2 is 2.11 bits per heavy atom. The van der Waals surface area contributed by atoms with Crippen molar-refractivity contribution >= 4 is 5.97 Å². The number of hydrogen-bond acceptors (Lipinski definition) is 2. The Morgan fingerprint density at radius 3 is 2.78 bits per heavy atom. The van der Waals surface area contributed by atoms with E-state index in [1.54, 1.807) is 0 Å². The van der Waals surface area contributed by atoms with Gasteiger partial charge in [0, 0.05) is 6.04 Å². The van der Waals surface area contributed by atoms with Crippen LogP contribution in [0.5, 0.6) is 0 Å². The number of rotatable bonds is 9. The first-order valence-corrected chi connectivity index (χ1v) is 7.61. The summed E-state index contributed by atoms with van der Waals surface area (Å²) in [5, 5.41) is 12.6. The van der Waals surface area contributed by atoms with Crippen LogP contribution in [0.1, 0.15) is 65.2 Å². The lowest BCUT2D eigenvalue weighted by Crippen LogP contribution is -2.34. The number of carbonyl (C=O) groups is 1. The molecule has 0 heterocycles. The molecule has 2 N–H and O–H groups in total. The predicted molar refractivity (Wildman–Crippen MR) is 74.7 cm³/mol. The summed E-state index contributed by atoms with van der Waals surface area (Å²) in [4.78, 5) is 11.1. The summed E-state index contributed by atoms with van der Waals surface area (Å²) < 4.78 is 0. The van der Waals surface area contributed by atoms with Crippen molar-refractivity contribution in [3.05, 3.63) is 0 Å². The van der Waals surface area contributed by atoms with Crippen LogP contribution in [-0.2, 0) is 4.79 Å². The van der Waals surface area contributed by atoms with Gasteiger partial charge in [0.1, 0.15) is 0 Å². The van der Waals surface area contributed by atoms with Gasteiger partial charge in [-0.05, 0) is 38.6 Å². The average molecular weight is 255 g/mol. The smallest absolute Gasteiger partial charge is 0.306 e. The van der Waals surface area contributed by atoms with E-state index >= 15 is 0 Å². The lowest BCUT2D eigenvalue weighted by molar-refractivity contribution is -0.142. The van der Waals surface area contributed by atoms with E-state index in [1.807, 2.05) is 0 Å². The molecule has 0 radical (unpaired) electrons. The minimum absolute atomic E-state index is 0.107. The van der Waals surface area contributed by atoms with Crippen molar-refractivity contribution in [3.8, 4) is 0 Å². The molecule has 1 fully saturated rings. The number of carboxylic acid groups (broad SMARTS) is 1. The van der Waals surface area contributed by atoms with Crippen LogP contribution >= 0.6 is 0 Å². The third kappa shape index (κ3) is 5.38. The highest BCUT2D eigenvalue weighted by Crippen LogP contribution is 2.31. The monoisotopic (exact) mass is 255 g/mol. The van der Waals surface area contributed by atoms with E-state index < -0.39 is 5.97 Å². The second kappa shape index (κ2) is 8.52. The summed E-state index contributed by atoms with van der Waals surface area (Å²) in [7, 11) is 0. The Balaban J connectivity index is 2.13. The molecule has 18 heavy (non-hydrogen) atoms. The van der Waals surface area contributed by atoms with Gasteiger partial charge in [-0.1, -0.05) is 39.0 Å². The van der Waals surface area contributed by atoms with Gasteiger partial charge < -0.3 is 10.4 Å². The van der Waals surface area contributed by atoms with Gasteiger partial charge in [0.15, 0.2) is 0 Å². The van der Waals surface area contributed by atoms with Crippen molar-refractivity contribution in [2.24, 2.45) is 11.8 Å². The first-order chi connectivity index (χ1) is 8.65. The van der Waals surface area contributed by atoms with Crippen LogP contribution < -0.4 is 5.32 Å². The Labute approximate surface area is 111 Å². The Bertz CT molecular complexity index is 243. The first-order valence-electron chi connectivity index (χ1n) is 7.61. The van der Waals surface area contributed by atoms with E-state index in [4.69, 9.17) is 5.11 Å². The quantitative estimate of drug-likeness (QED) is 0.621. The normalized spacial score (nSPS) is 25.2. The molecular weight excluding hydrogens is 226 g/mol. The molecule has 0 aromatic carbocycles. The van der Waals surface area contributed by atoms with Crippen LogP contribution in [0.2, 0.25) is 0 Å². The minimum atomic E-state index is -0.602. The van der Waals surface area contributed by atoms with Crippen LogP contribution in [0.4, 0.5) is 0 Å². The molecular formula is C15H29NO2. The molecule has 3 nitrogen and oxygen atoms in total. The fourth-order valence-electron chi connectivity index (χ4n) is 2.94. The molecule has 3 heteroatoms. The van der Waals surface area contributed by atoms with E-state index in [0.717, 1.165) is 25.8 Å². The molecule has 1 aliphatic rings. The molecule has 1 saturated carbocycles. The topological polar surface area (TPSA) is 49.3 Å². The summed E-state index contributed by atoms with van der Waals surface area (Å²) >= 11 is 0. The molecule has 0 aromatic heterocycles. The highest BCUT2D eigenvalue weighted by molar-refractivity contribution is 5.70. The molecule has 0 aromatic rings. The summed E-state index contributed by atoms with van der Waals surface area (Å²) in [5.74, 6) is -0.361. The van der Waals surface area contributed by atoms with Gasteiger partial charge in [0.25, 0.3) is 0 Å². The molecule has 106 valence electrons. The highest BCUT2D eigenvalue weighted by Gasteiger charge is 2.32. The van der Waals surface area contributed by atoms with Crippen molar-refractivity contribution < 1.29 is 9.90 Å². The highest BCUT2D eigenvalue weighted by atomic mass is 16.4. The Kier molecular flexibility index (Phi) is 7.33. The second-order valence-electron chi connectivity index (χ2n) is 5.79. The van der Waals surface area contributed by atoms with Crippen LogP contribution in [-0.4, -0.2) is 23.7 Å². The largest absolute Gasteiger partial charge is 0.481 e. The molecule has 0 saturated heterocycles. The fourth-order valence-corrected chi connectivity index (χ4v) is 2.94. The maximum Gasteiger partial charge on any atom is 0.306 e. The predicted octanol–water partition coefficient (Wildman–Crippen LogP) is 3.44. The van der Waals surface area contributed by atoms with Gasteiger partial charge in [-0.2, -0.15) is 0 Å². The number of unbranched alkanes of at least 4 members (excludes halogenated alkanes) is 3. The molecule has 3 unspecified atom stereocenters. The van der Waals surface area contributed by atoms with Crippen LogP contribution in [0, 0.1) is 11.8 Å². The molecule has 1 aliphatic carbocycles. The van der Waals surface area contributed by atoms with E-state index in [9.17, 15) is 4.79 Å². The van der Waals surface area contributed by atoms with Crippen LogP contribution in [0.15, 0.2) is 0 Å². The second-order valence-corrected chi connectivity index (χ2v) is 5.79. The number of nitrogens with one attached hydrogen (secondary N) is 1. The fraction of sp³-hybridized carbons (Fsp3) is 0.933. The summed E-state index contributed by atoms with van der Waals surface area (Å²) in [5.41, 5.74) is 0. The Hall–Kier alpha value is -0.570. The number of hydrogen-bond donors (Lipinski definition) is 2. The summed E-state index contributed by atoms with van der Waals surface area (Å²) in [6.07, 6.45) is 9.46. The maximum atomic E-state index is 11.1. The van der Waals surface area contributed by atoms with Crippen molar-refractivity contribution in [1.29, 1.82) is 0 Å². The summed E-state index contributed by atoms with van der Waals surface area (Å²) in [6, 6.07) is 0.525. The van der Waals surface area contributed by atoms with E-state index in [-0.39, 0.29) is 5.92 Å². The maximum absolute atomic E-state index is 11.1. The van der Waals surface area contributed by atoms with Gasteiger partial charge in [-0.3, -0.25) is 4.79 Å². The first kappa shape index (κ1) is 15.5. The van der Waals surface area contributed by atoms with E-state index in [2.05, 4.69) is 19.2 Å². The molecule has 3 atom stereocenters. The van der Waals surface area contributed by atoms with Crippen LogP contribution in [0.25, 0.3) is 0 Å². The number of carboxylic acids is 1. The van der Waals surface area contributed by atoms with Gasteiger partial charge in [0.05, 0.1) is 5.92 Å². The zero-order valence-corrected chi connectivity index (χ0v) is 12.0.